The van der Waals surface area contributed by atoms with Crippen LogP contribution in [-0.2, 0) is 0 Å². The Balaban J connectivity index is 1.59. The van der Waals surface area contributed by atoms with Crippen LogP contribution in [-0.4, -0.2) is 9.13 Å². The summed E-state index contributed by atoms with van der Waals surface area (Å²) in [5.41, 5.74) is 7.54. The molecule has 0 fully saturated rings. The molecule has 0 saturated heterocycles. The number of aromatic nitrogens is 2. The van der Waals surface area contributed by atoms with E-state index in [0.717, 1.165) is 38.7 Å². The summed E-state index contributed by atoms with van der Waals surface area (Å²) < 4.78 is 11.1. The summed E-state index contributed by atoms with van der Waals surface area (Å²) in [5, 5.41) is 8.22. The first-order valence-electron chi connectivity index (χ1n) is 13.6. The van der Waals surface area contributed by atoms with E-state index in [1.807, 2.05) is 18.2 Å². The van der Waals surface area contributed by atoms with Crippen LogP contribution < -0.4 is 10.6 Å². The van der Waals surface area contributed by atoms with Crippen LogP contribution in [0, 0.1) is 0 Å². The maximum Gasteiger partial charge on any atom is 0.137 e. The molecule has 0 spiro atoms. The van der Waals surface area contributed by atoms with Gasteiger partial charge in [-0.05, 0) is 55.5 Å². The van der Waals surface area contributed by atoms with Gasteiger partial charge in [0.1, 0.15) is 11.2 Å². The largest absolute Gasteiger partial charge is 0.456 e. The maximum absolute atomic E-state index is 6.32. The van der Waals surface area contributed by atoms with Gasteiger partial charge in [0.2, 0.25) is 0 Å². The Labute approximate surface area is 230 Å². The van der Waals surface area contributed by atoms with Gasteiger partial charge in [0, 0.05) is 49.6 Å². The van der Waals surface area contributed by atoms with Gasteiger partial charge < -0.3 is 13.6 Å². The topological polar surface area (TPSA) is 23.0 Å². The first kappa shape index (κ1) is 22.7. The second-order valence-electron chi connectivity index (χ2n) is 10.1. The van der Waals surface area contributed by atoms with Crippen molar-refractivity contribution in [2.75, 3.05) is 0 Å². The van der Waals surface area contributed by atoms with Crippen molar-refractivity contribution in [1.82, 2.24) is 9.13 Å². The number of rotatable bonds is 3. The zero-order chi connectivity index (χ0) is 26.8. The standard InChI is InChI=1S/C37H26N2O/c1-3-12-31-26(4-2)29-21-22-33-36(30-16-8-10-17-32(30)38(33)24-13-6-5-7-14-24)37(29)39(31)25-19-20-28-27-15-9-11-18-34(27)40-35(28)23-25/h3-23H,1H2,2H3/b26-4-,31-12+. The number of furan rings is 1. The molecule has 0 N–H and O–H groups in total. The minimum absolute atomic E-state index is 0.881. The number of hydrogen-bond acceptors (Lipinski definition) is 1. The minimum Gasteiger partial charge on any atom is -0.456 e. The highest BCUT2D eigenvalue weighted by Crippen LogP contribution is 2.37. The zero-order valence-corrected chi connectivity index (χ0v) is 22.1. The Morgan fingerprint density at radius 1 is 0.625 bits per heavy atom. The highest BCUT2D eigenvalue weighted by molar-refractivity contribution is 6.21. The molecule has 0 atom stereocenters. The maximum atomic E-state index is 6.32. The molecule has 0 aliphatic carbocycles. The molecule has 0 unspecified atom stereocenters. The van der Waals surface area contributed by atoms with Crippen molar-refractivity contribution in [3.63, 3.8) is 0 Å². The summed E-state index contributed by atoms with van der Waals surface area (Å²) in [6, 6.07) is 38.6. The van der Waals surface area contributed by atoms with Gasteiger partial charge in [-0.25, -0.2) is 0 Å². The third kappa shape index (κ3) is 3.06. The molecule has 3 nitrogen and oxygen atoms in total. The van der Waals surface area contributed by atoms with Crippen molar-refractivity contribution < 1.29 is 4.42 Å². The second kappa shape index (κ2) is 8.62. The molecule has 0 aliphatic heterocycles. The van der Waals surface area contributed by atoms with E-state index in [1.54, 1.807) is 0 Å². The SMILES string of the molecule is C=C/C=c1\c(=C/C)c2ccc3c(c4ccccc4n3-c3ccccc3)c2n1-c1ccc2c(c1)oc1ccccc12. The van der Waals surface area contributed by atoms with Crippen molar-refractivity contribution in [1.29, 1.82) is 0 Å². The Morgan fingerprint density at radius 3 is 2.17 bits per heavy atom. The van der Waals surface area contributed by atoms with Crippen LogP contribution in [0.3, 0.4) is 0 Å². The molecule has 3 aromatic heterocycles. The van der Waals surface area contributed by atoms with Crippen LogP contribution in [0.1, 0.15) is 6.92 Å². The van der Waals surface area contributed by atoms with E-state index in [0.29, 0.717) is 0 Å². The molecular weight excluding hydrogens is 488 g/mol. The molecule has 0 aliphatic rings. The summed E-state index contributed by atoms with van der Waals surface area (Å²) in [4.78, 5) is 0. The Kier molecular flexibility index (Phi) is 4.89. The lowest BCUT2D eigenvalue weighted by atomic mass is 10.1. The molecule has 8 rings (SSSR count). The first-order valence-corrected chi connectivity index (χ1v) is 13.6. The van der Waals surface area contributed by atoms with Crippen molar-refractivity contribution in [3.05, 3.63) is 132 Å². The van der Waals surface area contributed by atoms with E-state index >= 15 is 0 Å². The van der Waals surface area contributed by atoms with Gasteiger partial charge in [-0.15, -0.1) is 0 Å². The van der Waals surface area contributed by atoms with Crippen LogP contribution in [0.5, 0.6) is 0 Å². The summed E-state index contributed by atoms with van der Waals surface area (Å²) in [6.45, 7) is 6.18. The predicted octanol–water partition coefficient (Wildman–Crippen LogP) is 8.39. The number of hydrogen-bond donors (Lipinski definition) is 0. The van der Waals surface area contributed by atoms with Gasteiger partial charge in [-0.1, -0.05) is 79.4 Å². The van der Waals surface area contributed by atoms with Crippen molar-refractivity contribution >= 4 is 66.8 Å². The van der Waals surface area contributed by atoms with E-state index in [9.17, 15) is 0 Å². The van der Waals surface area contributed by atoms with Gasteiger partial charge in [-0.2, -0.15) is 0 Å². The van der Waals surface area contributed by atoms with Crippen LogP contribution in [0.15, 0.2) is 126 Å². The number of allylic oxidation sites excluding steroid dienone is 1. The molecule has 0 amide bonds. The van der Waals surface area contributed by atoms with Gasteiger partial charge in [-0.3, -0.25) is 0 Å². The number of para-hydroxylation sites is 3. The van der Waals surface area contributed by atoms with Crippen molar-refractivity contribution in [2.24, 2.45) is 0 Å². The lowest BCUT2D eigenvalue weighted by Crippen LogP contribution is -2.27. The summed E-state index contributed by atoms with van der Waals surface area (Å²) in [7, 11) is 0. The lowest BCUT2D eigenvalue weighted by molar-refractivity contribution is 0.668. The minimum atomic E-state index is 0.881. The van der Waals surface area contributed by atoms with E-state index in [4.69, 9.17) is 4.42 Å². The number of fused-ring (bicyclic) bond motifs is 8. The Bertz CT molecular complexity index is 2400. The van der Waals surface area contributed by atoms with E-state index in [2.05, 4.69) is 132 Å². The van der Waals surface area contributed by atoms with Crippen LogP contribution >= 0.6 is 0 Å². The number of benzene rings is 5. The smallest absolute Gasteiger partial charge is 0.137 e. The van der Waals surface area contributed by atoms with Gasteiger partial charge >= 0.3 is 0 Å². The average molecular weight is 515 g/mol. The van der Waals surface area contributed by atoms with E-state index in [-0.39, 0.29) is 0 Å². The molecular formula is C37H26N2O. The summed E-state index contributed by atoms with van der Waals surface area (Å²) >= 11 is 0. The molecule has 8 aromatic rings. The molecule has 0 bridgehead atoms. The van der Waals surface area contributed by atoms with Crippen LogP contribution in [0.4, 0.5) is 0 Å². The Morgan fingerprint density at radius 2 is 1.35 bits per heavy atom. The van der Waals surface area contributed by atoms with Crippen LogP contribution in [0.2, 0.25) is 0 Å². The summed E-state index contributed by atoms with van der Waals surface area (Å²) in [6.07, 6.45) is 6.19. The normalized spacial score (nSPS) is 13.0. The van der Waals surface area contributed by atoms with Crippen LogP contribution in [0.25, 0.3) is 78.2 Å². The first-order chi connectivity index (χ1) is 19.8. The monoisotopic (exact) mass is 514 g/mol. The molecule has 3 heterocycles. The average Bonchev–Trinajstić information content (AvgIpc) is 3.64. The fourth-order valence-electron chi connectivity index (χ4n) is 6.43. The molecule has 0 saturated carbocycles. The van der Waals surface area contributed by atoms with E-state index < -0.39 is 0 Å². The molecule has 190 valence electrons. The van der Waals surface area contributed by atoms with Gasteiger partial charge in [0.05, 0.1) is 21.9 Å². The predicted molar refractivity (Wildman–Crippen MR) is 169 cm³/mol. The molecule has 0 radical (unpaired) electrons. The lowest BCUT2D eigenvalue weighted by Gasteiger charge is -2.10. The highest BCUT2D eigenvalue weighted by atomic mass is 16.3. The molecule has 40 heavy (non-hydrogen) atoms. The number of nitrogens with zero attached hydrogens (tertiary/aromatic N) is 2. The van der Waals surface area contributed by atoms with Gasteiger partial charge in [0.15, 0.2) is 0 Å². The molecule has 3 heteroatoms. The van der Waals surface area contributed by atoms with Crippen molar-refractivity contribution in [3.8, 4) is 11.4 Å². The Hall–Kier alpha value is -5.28. The van der Waals surface area contributed by atoms with Gasteiger partial charge in [0.25, 0.3) is 0 Å². The fourth-order valence-corrected chi connectivity index (χ4v) is 6.43. The van der Waals surface area contributed by atoms with E-state index in [1.165, 1.54) is 37.9 Å². The second-order valence-corrected chi connectivity index (χ2v) is 10.1. The molecule has 5 aromatic carbocycles. The quantitative estimate of drug-likeness (QED) is 0.232. The fraction of sp³-hybridized carbons (Fsp3) is 0.0270. The zero-order valence-electron chi connectivity index (χ0n) is 22.1. The highest BCUT2D eigenvalue weighted by Gasteiger charge is 2.20. The third-order valence-electron chi connectivity index (χ3n) is 8.04. The summed E-state index contributed by atoms with van der Waals surface area (Å²) in [5.74, 6) is 0. The third-order valence-corrected chi connectivity index (χ3v) is 8.04. The van der Waals surface area contributed by atoms with Crippen molar-refractivity contribution in [2.45, 2.75) is 6.92 Å².